The minimum absolute atomic E-state index is 0.00878. The van der Waals surface area contributed by atoms with Crippen molar-refractivity contribution in [2.24, 2.45) is 0 Å². The second-order valence-electron chi connectivity index (χ2n) is 6.73. The van der Waals surface area contributed by atoms with Gasteiger partial charge in [0.15, 0.2) is 0 Å². The molecule has 1 saturated heterocycles. The molecule has 4 amide bonds. The minimum atomic E-state index is -0.826. The molecule has 0 bridgehead atoms. The van der Waals surface area contributed by atoms with E-state index >= 15 is 0 Å². The van der Waals surface area contributed by atoms with Crippen LogP contribution in [0.4, 0.5) is 19.9 Å². The van der Waals surface area contributed by atoms with Gasteiger partial charge in [-0.15, -0.1) is 0 Å². The first-order valence-electron chi connectivity index (χ1n) is 9.14. The van der Waals surface area contributed by atoms with E-state index in [1.165, 1.54) is 29.3 Å². The predicted octanol–water partition coefficient (Wildman–Crippen LogP) is 1.27. The average molecular weight is 625 g/mol. The molecule has 2 aromatic carbocycles. The van der Waals surface area contributed by atoms with Crippen LogP contribution in [-0.4, -0.2) is 71.1 Å². The number of nitrogens with zero attached hydrogens (tertiary/aromatic N) is 2. The number of imide groups is 2. The molecule has 1 fully saturated rings. The molecule has 30 heavy (non-hydrogen) atoms. The van der Waals surface area contributed by atoms with Crippen molar-refractivity contribution in [3.8, 4) is 0 Å². The molecular formula is C22H15N3O3Te2. The summed E-state index contributed by atoms with van der Waals surface area (Å²) in [5.41, 5.74) is 2.47. The number of anilines is 3. The van der Waals surface area contributed by atoms with E-state index in [4.69, 9.17) is 0 Å². The molecule has 2 aliphatic heterocycles. The molecule has 148 valence electrons. The fourth-order valence-electron chi connectivity index (χ4n) is 3.37. The zero-order valence-electron chi connectivity index (χ0n) is 15.8. The monoisotopic (exact) mass is 629 g/mol. The van der Waals surface area contributed by atoms with Gasteiger partial charge >= 0.3 is 194 Å². The van der Waals surface area contributed by atoms with E-state index in [0.717, 1.165) is 8.48 Å². The summed E-state index contributed by atoms with van der Waals surface area (Å²) in [4.78, 5) is 39.4. The van der Waals surface area contributed by atoms with Crippen LogP contribution in [0.5, 0.6) is 0 Å². The molecule has 0 radical (unpaired) electrons. The van der Waals surface area contributed by atoms with E-state index in [1.54, 1.807) is 6.08 Å². The molecule has 1 aromatic heterocycles. The van der Waals surface area contributed by atoms with E-state index in [1.807, 2.05) is 6.07 Å². The number of nitrogens with one attached hydrogen (secondary N) is 1. The number of rotatable bonds is 2. The Hall–Kier alpha value is -2.35. The van der Waals surface area contributed by atoms with Crippen molar-refractivity contribution in [3.63, 3.8) is 0 Å². The number of carbonyl (C=O) groups is 3. The summed E-state index contributed by atoms with van der Waals surface area (Å²) in [7, 11) is 1.37. The molecule has 0 atom stereocenters. The van der Waals surface area contributed by atoms with Crippen molar-refractivity contribution in [1.82, 2.24) is 10.2 Å². The molecule has 3 heterocycles. The molecule has 5 rings (SSSR count). The van der Waals surface area contributed by atoms with Gasteiger partial charge in [0.1, 0.15) is 0 Å². The Morgan fingerprint density at radius 2 is 1.50 bits per heavy atom. The number of hydrogen-bond acceptors (Lipinski definition) is 4. The summed E-state index contributed by atoms with van der Waals surface area (Å²) >= 11 is -1.27. The molecule has 0 aliphatic carbocycles. The Kier molecular flexibility index (Phi) is 5.05. The zero-order valence-corrected chi connectivity index (χ0v) is 20.4. The van der Waals surface area contributed by atoms with Gasteiger partial charge in [0.05, 0.1) is 0 Å². The van der Waals surface area contributed by atoms with Gasteiger partial charge in [-0.3, -0.25) is 0 Å². The normalized spacial score (nSPS) is 17.1. The number of likely N-dealkylation sites (N-methyl/N-ethyl adjacent to an activating group) is 1. The van der Waals surface area contributed by atoms with Gasteiger partial charge in [-0.1, -0.05) is 0 Å². The quantitative estimate of drug-likeness (QED) is 0.208. The first-order valence-corrected chi connectivity index (χ1v) is 13.8. The Morgan fingerprint density at radius 1 is 0.867 bits per heavy atom. The molecule has 0 spiro atoms. The second-order valence-corrected chi connectivity index (χ2v) is 12.9. The number of barbiturate groups is 1. The van der Waals surface area contributed by atoms with Crippen LogP contribution in [-0.2, 0) is 9.59 Å². The maximum absolute atomic E-state index is 12.4. The van der Waals surface area contributed by atoms with Crippen LogP contribution < -0.4 is 17.4 Å². The van der Waals surface area contributed by atoms with Gasteiger partial charge in [-0.25, -0.2) is 0 Å². The number of urea groups is 1. The second kappa shape index (κ2) is 7.72. The van der Waals surface area contributed by atoms with Crippen molar-refractivity contribution in [2.75, 3.05) is 11.9 Å². The summed E-state index contributed by atoms with van der Waals surface area (Å²) < 4.78 is 5.01. The van der Waals surface area contributed by atoms with Crippen molar-refractivity contribution >= 4 is 87.6 Å². The van der Waals surface area contributed by atoms with Gasteiger partial charge in [-0.05, 0) is 0 Å². The fourth-order valence-corrected chi connectivity index (χ4v) is 9.18. The summed E-state index contributed by atoms with van der Waals surface area (Å²) in [6, 6.07) is 20.5. The Labute approximate surface area is 192 Å². The first-order chi connectivity index (χ1) is 14.5. The first kappa shape index (κ1) is 19.6. The fraction of sp³-hybridized carbons (Fsp3) is 0.0455. The molecule has 2 aliphatic rings. The van der Waals surface area contributed by atoms with Crippen LogP contribution in [0.25, 0.3) is 6.08 Å². The Bertz CT molecular complexity index is 1200. The standard InChI is InChI=1S/C22H15N3O3Te2/c1-24-21(27)14(20(26)23-22(24)28)12-13-10-11-19(29-13)25-15-6-2-4-8-17(15)30-18-9-5-3-7-16(18)25/h2-12H,1H3,(H,23,26,28)/b14-12+. The van der Waals surface area contributed by atoms with E-state index in [-0.39, 0.29) is 5.57 Å². The summed E-state index contributed by atoms with van der Waals surface area (Å²) in [5.74, 6) is -1.20. The van der Waals surface area contributed by atoms with Gasteiger partial charge < -0.3 is 0 Å². The molecule has 0 saturated carbocycles. The number of para-hydroxylation sites is 2. The van der Waals surface area contributed by atoms with Crippen LogP contribution in [0.2, 0.25) is 0 Å². The van der Waals surface area contributed by atoms with Gasteiger partial charge in [0, 0.05) is 0 Å². The summed E-state index contributed by atoms with van der Waals surface area (Å²) in [6.07, 6.45) is 1.64. The van der Waals surface area contributed by atoms with E-state index in [0.29, 0.717) is 0 Å². The van der Waals surface area contributed by atoms with E-state index < -0.39 is 59.2 Å². The third kappa shape index (κ3) is 3.31. The SMILES string of the molecule is CN1C(=O)NC(=O)/C(=C\c2ccc(N3c4ccccc4[Te]c4ccccc43)[te]2)C1=O. The molecule has 6 nitrogen and oxygen atoms in total. The number of amides is 4. The van der Waals surface area contributed by atoms with Crippen LogP contribution in [0.1, 0.15) is 3.58 Å². The number of fused-ring (bicyclic) bond motifs is 2. The van der Waals surface area contributed by atoms with Crippen molar-refractivity contribution < 1.29 is 14.4 Å². The van der Waals surface area contributed by atoms with Crippen molar-refractivity contribution in [1.29, 1.82) is 0 Å². The number of benzene rings is 2. The number of carbonyl (C=O) groups excluding carboxylic acids is 3. The maximum atomic E-state index is 12.4. The molecule has 0 unspecified atom stereocenters. The molecule has 3 aromatic rings. The number of hydrogen-bond donors (Lipinski definition) is 1. The van der Waals surface area contributed by atoms with Crippen LogP contribution in [0, 0.1) is 0 Å². The van der Waals surface area contributed by atoms with Crippen molar-refractivity contribution in [3.05, 3.63) is 69.8 Å². The van der Waals surface area contributed by atoms with E-state index in [9.17, 15) is 14.4 Å². The van der Waals surface area contributed by atoms with E-state index in [2.05, 4.69) is 64.8 Å². The molecule has 8 heteroatoms. The van der Waals surface area contributed by atoms with Gasteiger partial charge in [0.25, 0.3) is 0 Å². The molecule has 1 N–H and O–H groups in total. The van der Waals surface area contributed by atoms with Crippen LogP contribution in [0.15, 0.2) is 66.2 Å². The Morgan fingerprint density at radius 3 is 2.17 bits per heavy atom. The zero-order chi connectivity index (χ0) is 20.8. The Balaban J connectivity index is 1.56. The summed E-state index contributed by atoms with van der Waals surface area (Å²) in [5, 5.41) is 2.21. The third-order valence-corrected chi connectivity index (χ3v) is 11.0. The third-order valence-electron chi connectivity index (χ3n) is 4.86. The average Bonchev–Trinajstić information content (AvgIpc) is 3.21. The predicted molar refractivity (Wildman–Crippen MR) is 117 cm³/mol. The molecular weight excluding hydrogens is 609 g/mol. The van der Waals surface area contributed by atoms with Crippen molar-refractivity contribution in [2.45, 2.75) is 0 Å². The summed E-state index contributed by atoms with van der Waals surface area (Å²) in [6.45, 7) is 0. The topological polar surface area (TPSA) is 69.7 Å². The van der Waals surface area contributed by atoms with Gasteiger partial charge in [0.2, 0.25) is 0 Å². The van der Waals surface area contributed by atoms with Gasteiger partial charge in [-0.2, -0.15) is 0 Å². The van der Waals surface area contributed by atoms with Crippen LogP contribution in [0.3, 0.4) is 0 Å². The van der Waals surface area contributed by atoms with Crippen LogP contribution >= 0.6 is 0 Å².